The molecular weight excluding hydrogens is 200 g/mol. The van der Waals surface area contributed by atoms with Crippen molar-refractivity contribution in [1.82, 2.24) is 10.6 Å². The van der Waals surface area contributed by atoms with E-state index in [2.05, 4.69) is 31.4 Å². The Bertz CT molecular complexity index is 238. The van der Waals surface area contributed by atoms with Crippen molar-refractivity contribution in [2.45, 2.75) is 53.0 Å². The first-order valence-corrected chi connectivity index (χ1v) is 6.48. The molecule has 0 aromatic carbocycles. The van der Waals surface area contributed by atoms with Crippen LogP contribution in [0.2, 0.25) is 0 Å². The van der Waals surface area contributed by atoms with E-state index < -0.39 is 0 Å². The van der Waals surface area contributed by atoms with Gasteiger partial charge in [0.1, 0.15) is 0 Å². The normalized spacial score (nSPS) is 23.9. The molecule has 16 heavy (non-hydrogen) atoms. The second-order valence-corrected chi connectivity index (χ2v) is 5.66. The molecular formula is C13H26N2O. The van der Waals surface area contributed by atoms with Gasteiger partial charge in [0.05, 0.1) is 6.04 Å². The molecule has 2 unspecified atom stereocenters. The predicted octanol–water partition coefficient (Wildman–Crippen LogP) is 1.93. The SMILES string of the molecule is CCCCNC(=O)C(C)NCC1CC1(C)C. The maximum Gasteiger partial charge on any atom is 0.236 e. The van der Waals surface area contributed by atoms with E-state index in [4.69, 9.17) is 0 Å². The first kappa shape index (κ1) is 13.5. The van der Waals surface area contributed by atoms with Gasteiger partial charge in [-0.15, -0.1) is 0 Å². The predicted molar refractivity (Wildman–Crippen MR) is 67.3 cm³/mol. The summed E-state index contributed by atoms with van der Waals surface area (Å²) >= 11 is 0. The number of unbranched alkanes of at least 4 members (excludes halogenated alkanes) is 1. The number of amides is 1. The van der Waals surface area contributed by atoms with Crippen LogP contribution in [-0.2, 0) is 4.79 Å². The number of nitrogens with one attached hydrogen (secondary N) is 2. The van der Waals surface area contributed by atoms with Gasteiger partial charge in [-0.25, -0.2) is 0 Å². The van der Waals surface area contributed by atoms with Gasteiger partial charge in [0, 0.05) is 6.54 Å². The van der Waals surface area contributed by atoms with Gasteiger partial charge >= 0.3 is 0 Å². The van der Waals surface area contributed by atoms with Crippen LogP contribution >= 0.6 is 0 Å². The molecule has 0 radical (unpaired) electrons. The minimum Gasteiger partial charge on any atom is -0.355 e. The average molecular weight is 226 g/mol. The Kier molecular flexibility index (Phi) is 4.78. The molecule has 1 aliphatic rings. The first-order chi connectivity index (χ1) is 7.47. The van der Waals surface area contributed by atoms with Crippen LogP contribution in [0.5, 0.6) is 0 Å². The summed E-state index contributed by atoms with van der Waals surface area (Å²) in [7, 11) is 0. The first-order valence-electron chi connectivity index (χ1n) is 6.48. The summed E-state index contributed by atoms with van der Waals surface area (Å²) in [4.78, 5) is 11.6. The Labute approximate surface area is 99.4 Å². The molecule has 1 amide bonds. The molecule has 0 bridgehead atoms. The Morgan fingerprint density at radius 1 is 1.50 bits per heavy atom. The molecule has 1 rings (SSSR count). The molecule has 3 nitrogen and oxygen atoms in total. The van der Waals surface area contributed by atoms with Crippen molar-refractivity contribution in [3.8, 4) is 0 Å². The van der Waals surface area contributed by atoms with Crippen molar-refractivity contribution in [3.05, 3.63) is 0 Å². The van der Waals surface area contributed by atoms with Crippen LogP contribution in [0.15, 0.2) is 0 Å². The van der Waals surface area contributed by atoms with Crippen molar-refractivity contribution in [2.24, 2.45) is 11.3 Å². The van der Waals surface area contributed by atoms with E-state index in [1.807, 2.05) is 6.92 Å². The summed E-state index contributed by atoms with van der Waals surface area (Å²) in [6.07, 6.45) is 3.47. The van der Waals surface area contributed by atoms with Gasteiger partial charge in [-0.05, 0) is 37.6 Å². The standard InChI is InChI=1S/C13H26N2O/c1-5-6-7-14-12(16)10(2)15-9-11-8-13(11,3)4/h10-11,15H,5-9H2,1-4H3,(H,14,16). The van der Waals surface area contributed by atoms with E-state index in [1.54, 1.807) is 0 Å². The summed E-state index contributed by atoms with van der Waals surface area (Å²) in [5.74, 6) is 0.880. The molecule has 0 saturated heterocycles. The summed E-state index contributed by atoms with van der Waals surface area (Å²) in [5, 5.41) is 6.26. The van der Waals surface area contributed by atoms with Gasteiger partial charge in [0.2, 0.25) is 5.91 Å². The van der Waals surface area contributed by atoms with Crippen LogP contribution < -0.4 is 10.6 Å². The summed E-state index contributed by atoms with van der Waals surface area (Å²) < 4.78 is 0. The lowest BCUT2D eigenvalue weighted by Gasteiger charge is -2.14. The molecule has 0 spiro atoms. The minimum absolute atomic E-state index is 0.0618. The van der Waals surface area contributed by atoms with Crippen LogP contribution in [0.25, 0.3) is 0 Å². The number of carbonyl (C=O) groups is 1. The molecule has 0 aliphatic heterocycles. The van der Waals surface area contributed by atoms with Crippen molar-refractivity contribution >= 4 is 5.91 Å². The zero-order chi connectivity index (χ0) is 12.2. The lowest BCUT2D eigenvalue weighted by Crippen LogP contribution is -2.43. The van der Waals surface area contributed by atoms with Gasteiger partial charge in [0.15, 0.2) is 0 Å². The fourth-order valence-electron chi connectivity index (χ4n) is 1.88. The Morgan fingerprint density at radius 2 is 2.12 bits per heavy atom. The Hall–Kier alpha value is -0.570. The van der Waals surface area contributed by atoms with Crippen molar-refractivity contribution in [2.75, 3.05) is 13.1 Å². The number of carbonyl (C=O) groups excluding carboxylic acids is 1. The third-order valence-electron chi connectivity index (χ3n) is 3.61. The highest BCUT2D eigenvalue weighted by Gasteiger charge is 2.45. The van der Waals surface area contributed by atoms with Crippen molar-refractivity contribution in [3.63, 3.8) is 0 Å². The molecule has 1 saturated carbocycles. The highest BCUT2D eigenvalue weighted by atomic mass is 16.2. The molecule has 0 heterocycles. The smallest absolute Gasteiger partial charge is 0.236 e. The number of rotatable bonds is 7. The third kappa shape index (κ3) is 4.12. The van der Waals surface area contributed by atoms with Gasteiger partial charge in [-0.2, -0.15) is 0 Å². The Balaban J connectivity index is 2.10. The summed E-state index contributed by atoms with van der Waals surface area (Å²) in [5.41, 5.74) is 0.491. The van der Waals surface area contributed by atoms with Crippen molar-refractivity contribution < 1.29 is 4.79 Å². The monoisotopic (exact) mass is 226 g/mol. The lowest BCUT2D eigenvalue weighted by molar-refractivity contribution is -0.122. The molecule has 0 aromatic rings. The highest BCUT2D eigenvalue weighted by molar-refractivity contribution is 5.81. The largest absolute Gasteiger partial charge is 0.355 e. The maximum absolute atomic E-state index is 11.6. The lowest BCUT2D eigenvalue weighted by atomic mass is 10.1. The Morgan fingerprint density at radius 3 is 2.62 bits per heavy atom. The van der Waals surface area contributed by atoms with E-state index in [0.29, 0.717) is 5.41 Å². The van der Waals surface area contributed by atoms with Gasteiger partial charge in [0.25, 0.3) is 0 Å². The van der Waals surface area contributed by atoms with Crippen molar-refractivity contribution in [1.29, 1.82) is 0 Å². The summed E-state index contributed by atoms with van der Waals surface area (Å²) in [6, 6.07) is -0.0618. The van der Waals surface area contributed by atoms with Crippen LogP contribution in [0, 0.1) is 11.3 Å². The molecule has 3 heteroatoms. The third-order valence-corrected chi connectivity index (χ3v) is 3.61. The van der Waals surface area contributed by atoms with Gasteiger partial charge in [-0.1, -0.05) is 27.2 Å². The molecule has 2 N–H and O–H groups in total. The topological polar surface area (TPSA) is 41.1 Å². The number of hydrogen-bond donors (Lipinski definition) is 2. The fraction of sp³-hybridized carbons (Fsp3) is 0.923. The molecule has 0 aromatic heterocycles. The second kappa shape index (κ2) is 5.67. The quantitative estimate of drug-likeness (QED) is 0.651. The molecule has 2 atom stereocenters. The van der Waals surface area contributed by atoms with Crippen LogP contribution in [0.3, 0.4) is 0 Å². The van der Waals surface area contributed by atoms with E-state index in [9.17, 15) is 4.79 Å². The average Bonchev–Trinajstić information content (AvgIpc) is 2.83. The van der Waals surface area contributed by atoms with E-state index in [-0.39, 0.29) is 11.9 Å². The zero-order valence-corrected chi connectivity index (χ0v) is 11.1. The summed E-state index contributed by atoms with van der Waals surface area (Å²) in [6.45, 7) is 10.4. The molecule has 94 valence electrons. The van der Waals surface area contributed by atoms with Crippen LogP contribution in [-0.4, -0.2) is 25.0 Å². The molecule has 1 aliphatic carbocycles. The number of hydrogen-bond acceptors (Lipinski definition) is 2. The van der Waals surface area contributed by atoms with Crippen LogP contribution in [0.1, 0.15) is 47.0 Å². The van der Waals surface area contributed by atoms with E-state index in [1.165, 1.54) is 6.42 Å². The second-order valence-electron chi connectivity index (χ2n) is 5.66. The minimum atomic E-state index is -0.0618. The highest BCUT2D eigenvalue weighted by Crippen LogP contribution is 2.50. The van der Waals surface area contributed by atoms with E-state index >= 15 is 0 Å². The van der Waals surface area contributed by atoms with Gasteiger partial charge < -0.3 is 10.6 Å². The van der Waals surface area contributed by atoms with Crippen LogP contribution in [0.4, 0.5) is 0 Å². The van der Waals surface area contributed by atoms with E-state index in [0.717, 1.165) is 31.8 Å². The maximum atomic E-state index is 11.6. The zero-order valence-electron chi connectivity index (χ0n) is 11.1. The fourth-order valence-corrected chi connectivity index (χ4v) is 1.88. The molecule has 1 fully saturated rings. The van der Waals surface area contributed by atoms with Gasteiger partial charge in [-0.3, -0.25) is 4.79 Å².